The highest BCUT2D eigenvalue weighted by atomic mass is 32.2. The van der Waals surface area contributed by atoms with E-state index in [1.54, 1.807) is 30.5 Å². The van der Waals surface area contributed by atoms with Crippen LogP contribution in [-0.2, 0) is 16.4 Å². The maximum Gasteiger partial charge on any atom is 0.251 e. The zero-order valence-corrected chi connectivity index (χ0v) is 16.3. The molecule has 1 aromatic heterocycles. The lowest BCUT2D eigenvalue weighted by Crippen LogP contribution is -2.22. The van der Waals surface area contributed by atoms with Gasteiger partial charge in [-0.25, -0.2) is 8.42 Å². The van der Waals surface area contributed by atoms with E-state index in [0.717, 1.165) is 11.3 Å². The van der Waals surface area contributed by atoms with Gasteiger partial charge in [0.05, 0.1) is 30.4 Å². The zero-order chi connectivity index (χ0) is 19.0. The summed E-state index contributed by atoms with van der Waals surface area (Å²) in [5.41, 5.74) is 2.29. The first kappa shape index (κ1) is 18.1. The van der Waals surface area contributed by atoms with E-state index in [1.165, 1.54) is 11.8 Å². The summed E-state index contributed by atoms with van der Waals surface area (Å²) < 4.78 is 28.6. The van der Waals surface area contributed by atoms with Crippen molar-refractivity contribution in [1.29, 1.82) is 0 Å². The van der Waals surface area contributed by atoms with Gasteiger partial charge in [0, 0.05) is 16.5 Å². The summed E-state index contributed by atoms with van der Waals surface area (Å²) in [6, 6.07) is 8.81. The molecule has 4 rings (SSSR count). The first-order chi connectivity index (χ1) is 12.9. The Morgan fingerprint density at radius 1 is 1.33 bits per heavy atom. The van der Waals surface area contributed by atoms with Crippen molar-refractivity contribution >= 4 is 38.4 Å². The van der Waals surface area contributed by atoms with E-state index >= 15 is 0 Å². The van der Waals surface area contributed by atoms with Crippen LogP contribution in [0, 0.1) is 6.92 Å². The molecule has 9 heteroatoms. The fraction of sp³-hybridized carbons (Fsp3) is 0.333. The molecule has 1 amide bonds. The lowest BCUT2D eigenvalue weighted by molar-refractivity contribution is 0.0948. The number of aryl methyl sites for hydroxylation is 1. The number of rotatable bonds is 4. The lowest BCUT2D eigenvalue weighted by Gasteiger charge is -2.12. The molecule has 0 aliphatic carbocycles. The molecule has 0 radical (unpaired) electrons. The summed E-state index contributed by atoms with van der Waals surface area (Å²) in [6.45, 7) is 2.27. The van der Waals surface area contributed by atoms with E-state index in [0.29, 0.717) is 23.0 Å². The molecule has 2 N–H and O–H groups in total. The molecule has 0 saturated carbocycles. The summed E-state index contributed by atoms with van der Waals surface area (Å²) >= 11 is 1.46. The highest BCUT2D eigenvalue weighted by Gasteiger charge is 2.42. The minimum Gasteiger partial charge on any atom is -0.467 e. The summed E-state index contributed by atoms with van der Waals surface area (Å²) in [4.78, 5) is 16.9. The van der Waals surface area contributed by atoms with Crippen molar-refractivity contribution in [1.82, 2.24) is 5.32 Å². The number of nitrogens with one attached hydrogen (secondary N) is 2. The van der Waals surface area contributed by atoms with Gasteiger partial charge < -0.3 is 15.1 Å². The largest absolute Gasteiger partial charge is 0.467 e. The van der Waals surface area contributed by atoms with Crippen molar-refractivity contribution in [3.05, 3.63) is 53.5 Å². The number of aliphatic imine (C=N–C) groups is 1. The van der Waals surface area contributed by atoms with Crippen LogP contribution in [0.25, 0.3) is 0 Å². The highest BCUT2D eigenvalue weighted by Crippen LogP contribution is 2.35. The monoisotopic (exact) mass is 405 g/mol. The van der Waals surface area contributed by atoms with Crippen LogP contribution in [0.3, 0.4) is 0 Å². The number of amidine groups is 1. The second-order valence-electron chi connectivity index (χ2n) is 6.65. The Morgan fingerprint density at radius 2 is 2.19 bits per heavy atom. The van der Waals surface area contributed by atoms with Crippen LogP contribution >= 0.6 is 11.8 Å². The van der Waals surface area contributed by atoms with Gasteiger partial charge in [-0.15, -0.1) is 0 Å². The predicted octanol–water partition coefficient (Wildman–Crippen LogP) is 2.20. The van der Waals surface area contributed by atoms with E-state index in [-0.39, 0.29) is 28.7 Å². The molecule has 2 aliphatic heterocycles. The molecular weight excluding hydrogens is 386 g/mol. The zero-order valence-electron chi connectivity index (χ0n) is 14.6. The Kier molecular flexibility index (Phi) is 4.73. The van der Waals surface area contributed by atoms with Crippen LogP contribution in [0.1, 0.15) is 21.7 Å². The number of sulfone groups is 1. The molecule has 1 saturated heterocycles. The van der Waals surface area contributed by atoms with Crippen molar-refractivity contribution < 1.29 is 17.6 Å². The fourth-order valence-corrected chi connectivity index (χ4v) is 6.78. The second-order valence-corrected chi connectivity index (χ2v) is 10.0. The van der Waals surface area contributed by atoms with Crippen LogP contribution in [0.15, 0.2) is 46.0 Å². The van der Waals surface area contributed by atoms with Gasteiger partial charge >= 0.3 is 0 Å². The maximum absolute atomic E-state index is 12.4. The van der Waals surface area contributed by atoms with Gasteiger partial charge in [0.2, 0.25) is 0 Å². The maximum atomic E-state index is 12.4. The summed E-state index contributed by atoms with van der Waals surface area (Å²) in [6.07, 6.45) is 1.57. The molecule has 142 valence electrons. The van der Waals surface area contributed by atoms with Gasteiger partial charge in [-0.2, -0.15) is 0 Å². The smallest absolute Gasteiger partial charge is 0.251 e. The minimum absolute atomic E-state index is 0.0161. The first-order valence-electron chi connectivity index (χ1n) is 8.53. The Balaban J connectivity index is 1.44. The lowest BCUT2D eigenvalue weighted by atomic mass is 10.1. The molecular formula is C18H19N3O4S2. The third-order valence-corrected chi connectivity index (χ3v) is 7.70. The fourth-order valence-electron chi connectivity index (χ4n) is 3.11. The van der Waals surface area contributed by atoms with E-state index in [1.807, 2.05) is 13.0 Å². The third kappa shape index (κ3) is 4.03. The van der Waals surface area contributed by atoms with Crippen molar-refractivity contribution in [3.8, 4) is 0 Å². The number of hydrogen-bond acceptors (Lipinski definition) is 7. The summed E-state index contributed by atoms with van der Waals surface area (Å²) in [5.74, 6) is 0.778. The molecule has 0 spiro atoms. The molecule has 27 heavy (non-hydrogen) atoms. The molecule has 2 unspecified atom stereocenters. The molecule has 2 atom stereocenters. The number of carbonyl (C=O) groups is 1. The van der Waals surface area contributed by atoms with Crippen molar-refractivity contribution in [2.24, 2.45) is 4.99 Å². The van der Waals surface area contributed by atoms with E-state index in [2.05, 4.69) is 15.6 Å². The number of anilines is 1. The Hall–Kier alpha value is -2.26. The van der Waals surface area contributed by atoms with Crippen LogP contribution in [-0.4, -0.2) is 42.3 Å². The predicted molar refractivity (Wildman–Crippen MR) is 106 cm³/mol. The Bertz CT molecular complexity index is 1000. The quantitative estimate of drug-likeness (QED) is 0.809. The number of benzene rings is 1. The third-order valence-electron chi connectivity index (χ3n) is 4.56. The van der Waals surface area contributed by atoms with E-state index < -0.39 is 9.84 Å². The van der Waals surface area contributed by atoms with Crippen molar-refractivity contribution in [2.45, 2.75) is 24.8 Å². The summed E-state index contributed by atoms with van der Waals surface area (Å²) in [5, 5.41) is 6.76. The van der Waals surface area contributed by atoms with Crippen molar-refractivity contribution in [3.63, 3.8) is 0 Å². The molecule has 1 fully saturated rings. The Morgan fingerprint density at radius 3 is 2.93 bits per heavy atom. The van der Waals surface area contributed by atoms with Gasteiger partial charge in [0.15, 0.2) is 15.0 Å². The van der Waals surface area contributed by atoms with Crippen molar-refractivity contribution in [2.75, 3.05) is 16.8 Å². The minimum atomic E-state index is -2.97. The standard InChI is InChI=1S/C18H19N3O4S2/c1-11-4-5-12(17(22)19-8-13-3-2-6-25-13)7-14(11)20-18-21-15-9-27(23,24)10-16(15)26-18/h2-7,15-16H,8-10H2,1H3,(H,19,22)(H,20,21). The van der Waals surface area contributed by atoms with E-state index in [9.17, 15) is 13.2 Å². The van der Waals surface area contributed by atoms with Crippen LogP contribution in [0.5, 0.6) is 0 Å². The van der Waals surface area contributed by atoms with Crippen LogP contribution < -0.4 is 10.6 Å². The molecule has 1 aromatic carbocycles. The first-order valence-corrected chi connectivity index (χ1v) is 11.2. The summed E-state index contributed by atoms with van der Waals surface area (Å²) in [7, 11) is -2.97. The van der Waals surface area contributed by atoms with Crippen LogP contribution in [0.2, 0.25) is 0 Å². The van der Waals surface area contributed by atoms with E-state index in [4.69, 9.17) is 4.42 Å². The van der Waals surface area contributed by atoms with Gasteiger partial charge in [0.25, 0.3) is 5.91 Å². The van der Waals surface area contributed by atoms with Crippen LogP contribution in [0.4, 0.5) is 5.69 Å². The number of carbonyl (C=O) groups excluding carboxylic acids is 1. The average molecular weight is 406 g/mol. The van der Waals surface area contributed by atoms with Gasteiger partial charge in [-0.3, -0.25) is 9.79 Å². The molecule has 7 nitrogen and oxygen atoms in total. The SMILES string of the molecule is Cc1ccc(C(=O)NCc2ccco2)cc1NC1=NC2CS(=O)(=O)CC2S1. The molecule has 2 aliphatic rings. The number of amides is 1. The molecule has 2 aromatic rings. The number of thioether (sulfide) groups is 1. The topological polar surface area (TPSA) is 101 Å². The normalized spacial score (nSPS) is 22.9. The molecule has 0 bridgehead atoms. The van der Waals surface area contributed by atoms with Gasteiger partial charge in [0.1, 0.15) is 5.76 Å². The molecule has 3 heterocycles. The number of fused-ring (bicyclic) bond motifs is 1. The second kappa shape index (κ2) is 7.05. The number of furan rings is 1. The number of nitrogens with zero attached hydrogens (tertiary/aromatic N) is 1. The Labute approximate surface area is 161 Å². The number of hydrogen-bond donors (Lipinski definition) is 2. The van der Waals surface area contributed by atoms with Gasteiger partial charge in [-0.1, -0.05) is 17.8 Å². The highest BCUT2D eigenvalue weighted by molar-refractivity contribution is 8.15. The average Bonchev–Trinajstić information content (AvgIpc) is 3.29. The van der Waals surface area contributed by atoms with Gasteiger partial charge in [-0.05, 0) is 36.8 Å².